The number of likely N-dealkylation sites (tertiary alicyclic amines) is 1. The molecule has 3 amide bonds. The van der Waals surface area contributed by atoms with Crippen molar-refractivity contribution < 1.29 is 24.6 Å². The number of amides is 3. The predicted octanol–water partition coefficient (Wildman–Crippen LogP) is 1.44. The second kappa shape index (κ2) is 8.67. The molecule has 10 nitrogen and oxygen atoms in total. The average Bonchev–Trinajstić information content (AvgIpc) is 3.30. The number of carbonyl (C=O) groups is 3. The van der Waals surface area contributed by atoms with Crippen LogP contribution >= 0.6 is 23.1 Å². The van der Waals surface area contributed by atoms with Gasteiger partial charge in [-0.2, -0.15) is 0 Å². The second-order valence-corrected chi connectivity index (χ2v) is 10.0. The van der Waals surface area contributed by atoms with E-state index in [-0.39, 0.29) is 53.0 Å². The molecule has 4 heterocycles. The van der Waals surface area contributed by atoms with E-state index in [1.165, 1.54) is 45.0 Å². The summed E-state index contributed by atoms with van der Waals surface area (Å²) < 4.78 is 0.620. The summed E-state index contributed by atoms with van der Waals surface area (Å²) in [5, 5.41) is 30.7. The molecule has 3 aliphatic heterocycles. The number of benzene rings is 1. The fourth-order valence-electron chi connectivity index (χ4n) is 4.36. The molecular weight excluding hydrogens is 465 g/mol. The van der Waals surface area contributed by atoms with Crippen LogP contribution in [-0.2, 0) is 9.59 Å². The molecule has 2 fully saturated rings. The number of β-lactam (4-membered cyclic amide) rings is 1. The third-order valence-corrected chi connectivity index (χ3v) is 7.61. The summed E-state index contributed by atoms with van der Waals surface area (Å²) in [6, 6.07) is 4.59. The van der Waals surface area contributed by atoms with Crippen LogP contribution in [0.4, 0.5) is 10.5 Å². The number of hydrogen-bond donors (Lipinski definition) is 3. The van der Waals surface area contributed by atoms with Crippen molar-refractivity contribution in [3.05, 3.63) is 39.9 Å². The van der Waals surface area contributed by atoms with Gasteiger partial charge in [-0.1, -0.05) is 23.1 Å². The number of aromatic nitrogens is 2. The first-order valence-corrected chi connectivity index (χ1v) is 11.1. The number of hydrogen-bond acceptors (Lipinski definition) is 8. The van der Waals surface area contributed by atoms with Crippen molar-refractivity contribution in [2.24, 2.45) is 5.92 Å². The van der Waals surface area contributed by atoms with Crippen LogP contribution in [0.1, 0.15) is 11.4 Å². The van der Waals surface area contributed by atoms with Gasteiger partial charge in [0.25, 0.3) is 5.91 Å². The minimum atomic E-state index is -1.17. The quantitative estimate of drug-likeness (QED) is 0.338. The Balaban J connectivity index is 0.00000245. The standard InChI is InChI=1S/C19H17N5O5S2.Na.H/c1-8-21-22-19(30-8)31-12-6-9-7-23(18(29)20-10-2-4-11(25)5-3-10)15-13(9)24(16(15)26)14(12)17(27)28;;/h2-5,9,13,15,25H,6-7H2,1H3,(H,20,29)(H,27,28);;/t9-,13-,15+;;/m1../s1. The van der Waals surface area contributed by atoms with Crippen LogP contribution in [0.3, 0.4) is 0 Å². The normalized spacial score (nSPS) is 23.4. The van der Waals surface area contributed by atoms with Gasteiger partial charge in [0.2, 0.25) is 0 Å². The number of nitrogens with one attached hydrogen (secondary N) is 1. The Bertz CT molecular complexity index is 1140. The molecule has 1 aromatic heterocycles. The number of anilines is 1. The van der Waals surface area contributed by atoms with Gasteiger partial charge in [0.15, 0.2) is 4.34 Å². The molecule has 1 aromatic carbocycles. The maximum atomic E-state index is 12.9. The van der Waals surface area contributed by atoms with Gasteiger partial charge in [0.05, 0.1) is 6.04 Å². The van der Waals surface area contributed by atoms with Gasteiger partial charge in [-0.25, -0.2) is 9.59 Å². The Labute approximate surface area is 213 Å². The van der Waals surface area contributed by atoms with Crippen molar-refractivity contribution in [3.63, 3.8) is 0 Å². The van der Waals surface area contributed by atoms with E-state index in [0.29, 0.717) is 27.9 Å². The molecule has 13 heteroatoms. The number of thioether (sulfide) groups is 1. The van der Waals surface area contributed by atoms with Gasteiger partial charge >= 0.3 is 41.6 Å². The van der Waals surface area contributed by atoms with Crippen molar-refractivity contribution in [2.45, 2.75) is 29.8 Å². The van der Waals surface area contributed by atoms with Gasteiger partial charge in [-0.3, -0.25) is 9.69 Å². The monoisotopic (exact) mass is 483 g/mol. The number of aromatic hydroxyl groups is 1. The summed E-state index contributed by atoms with van der Waals surface area (Å²) >= 11 is 2.58. The molecular formula is C19H18N5NaO5S2. The Morgan fingerprint density at radius 3 is 2.59 bits per heavy atom. The second-order valence-electron chi connectivity index (χ2n) is 7.50. The van der Waals surface area contributed by atoms with Crippen molar-refractivity contribution >= 4 is 76.3 Å². The van der Waals surface area contributed by atoms with E-state index in [4.69, 9.17) is 0 Å². The SMILES string of the molecule is Cc1nnc(SC2=C(C(=O)O)N3C(=O)[C@@H]4[C@H]3[C@H](C2)CN4C(=O)Nc2ccc(O)cc2)s1.[NaH]. The molecule has 2 saturated heterocycles. The number of aryl methyl sites for hydroxylation is 1. The van der Waals surface area contributed by atoms with Crippen molar-refractivity contribution in [2.75, 3.05) is 11.9 Å². The van der Waals surface area contributed by atoms with Crippen LogP contribution < -0.4 is 5.32 Å². The molecule has 0 aliphatic carbocycles. The molecule has 3 aliphatic rings. The molecule has 162 valence electrons. The molecule has 3 atom stereocenters. The zero-order valence-electron chi connectivity index (χ0n) is 16.2. The number of phenols is 1. The number of phenolic OH excluding ortho intramolecular Hbond substituents is 1. The van der Waals surface area contributed by atoms with Gasteiger partial charge in [0.1, 0.15) is 22.5 Å². The molecule has 3 N–H and O–H groups in total. The summed E-state index contributed by atoms with van der Waals surface area (Å²) in [6.07, 6.45) is 0.443. The first-order valence-electron chi connectivity index (χ1n) is 9.47. The number of carbonyl (C=O) groups excluding carboxylic acids is 2. The van der Waals surface area contributed by atoms with Crippen LogP contribution in [0.25, 0.3) is 0 Å². The number of carboxylic acid groups (broad SMARTS) is 1. The van der Waals surface area contributed by atoms with Crippen LogP contribution in [0.15, 0.2) is 39.2 Å². The fraction of sp³-hybridized carbons (Fsp3) is 0.316. The number of rotatable bonds is 4. The summed E-state index contributed by atoms with van der Waals surface area (Å²) in [5.74, 6) is -1.54. The summed E-state index contributed by atoms with van der Waals surface area (Å²) in [7, 11) is 0. The number of aliphatic carboxylic acids is 1. The Hall–Kier alpha value is -2.12. The minimum absolute atomic E-state index is 0. The van der Waals surface area contributed by atoms with Crippen LogP contribution in [0.2, 0.25) is 0 Å². The predicted molar refractivity (Wildman–Crippen MR) is 119 cm³/mol. The van der Waals surface area contributed by atoms with E-state index in [1.807, 2.05) is 6.92 Å². The van der Waals surface area contributed by atoms with Crippen LogP contribution in [0.5, 0.6) is 5.75 Å². The molecule has 0 radical (unpaired) electrons. The third-order valence-electron chi connectivity index (χ3n) is 5.61. The molecule has 0 bridgehead atoms. The zero-order chi connectivity index (χ0) is 21.9. The van der Waals surface area contributed by atoms with Gasteiger partial charge in [-0.05, 0) is 37.6 Å². The number of urea groups is 1. The van der Waals surface area contributed by atoms with Crippen LogP contribution in [-0.4, -0.2) is 96.3 Å². The molecule has 5 rings (SSSR count). The van der Waals surface area contributed by atoms with E-state index in [2.05, 4.69) is 15.5 Å². The topological polar surface area (TPSA) is 136 Å². The first kappa shape index (κ1) is 23.1. The van der Waals surface area contributed by atoms with Crippen molar-refractivity contribution in [1.29, 1.82) is 0 Å². The van der Waals surface area contributed by atoms with E-state index < -0.39 is 23.9 Å². The Morgan fingerprint density at radius 2 is 1.97 bits per heavy atom. The first-order chi connectivity index (χ1) is 14.8. The van der Waals surface area contributed by atoms with Gasteiger partial charge in [-0.15, -0.1) is 10.2 Å². The number of allylic oxidation sites excluding steroid dienone is 1. The summed E-state index contributed by atoms with van der Waals surface area (Å²) in [5.41, 5.74) is 0.467. The fourth-order valence-corrected chi connectivity index (χ4v) is 6.47. The van der Waals surface area contributed by atoms with Gasteiger partial charge < -0.3 is 20.4 Å². The Kier molecular flexibility index (Phi) is 6.25. The number of carboxylic acids is 1. The van der Waals surface area contributed by atoms with E-state index >= 15 is 0 Å². The Morgan fingerprint density at radius 1 is 1.25 bits per heavy atom. The van der Waals surface area contributed by atoms with Crippen LogP contribution in [0, 0.1) is 12.8 Å². The van der Waals surface area contributed by atoms with E-state index in [9.17, 15) is 24.6 Å². The van der Waals surface area contributed by atoms with Crippen molar-refractivity contribution in [3.8, 4) is 5.75 Å². The average molecular weight is 484 g/mol. The maximum absolute atomic E-state index is 12.9. The molecule has 32 heavy (non-hydrogen) atoms. The summed E-state index contributed by atoms with van der Waals surface area (Å²) in [6.45, 7) is 2.16. The molecule has 0 saturated carbocycles. The molecule has 2 aromatic rings. The molecule has 0 unspecified atom stereocenters. The van der Waals surface area contributed by atoms with E-state index in [1.54, 1.807) is 12.1 Å². The third kappa shape index (κ3) is 3.79. The molecule has 0 spiro atoms. The van der Waals surface area contributed by atoms with Gasteiger partial charge in [0, 0.05) is 23.1 Å². The summed E-state index contributed by atoms with van der Waals surface area (Å²) in [4.78, 5) is 41.1. The van der Waals surface area contributed by atoms with E-state index in [0.717, 1.165) is 5.01 Å². The van der Waals surface area contributed by atoms with Crippen molar-refractivity contribution in [1.82, 2.24) is 20.0 Å². The number of nitrogens with zero attached hydrogens (tertiary/aromatic N) is 4. The zero-order valence-corrected chi connectivity index (χ0v) is 17.8.